The largest absolute Gasteiger partial charge is 0.306 e. The zero-order chi connectivity index (χ0) is 13.1. The quantitative estimate of drug-likeness (QED) is 0.881. The molecule has 1 nitrogen and oxygen atoms in total. The molecule has 1 aliphatic heterocycles. The van der Waals surface area contributed by atoms with Crippen molar-refractivity contribution in [1.82, 2.24) is 5.32 Å². The SMILES string of the molecule is Clc1cccc(CNC2CCSc3ccccc32)c1. The summed E-state index contributed by atoms with van der Waals surface area (Å²) in [6.45, 7) is 0.865. The molecule has 1 aliphatic rings. The second-order valence-corrected chi connectivity index (χ2v) is 6.31. The fourth-order valence-corrected chi connectivity index (χ4v) is 3.78. The van der Waals surface area contributed by atoms with Gasteiger partial charge in [0.1, 0.15) is 0 Å². The first-order valence-electron chi connectivity index (χ1n) is 6.52. The first kappa shape index (κ1) is 13.0. The van der Waals surface area contributed by atoms with E-state index in [0.717, 1.165) is 11.6 Å². The molecule has 98 valence electrons. The van der Waals surface area contributed by atoms with Crippen LogP contribution in [0.25, 0.3) is 0 Å². The summed E-state index contributed by atoms with van der Waals surface area (Å²) in [6.07, 6.45) is 1.18. The zero-order valence-electron chi connectivity index (χ0n) is 10.6. The summed E-state index contributed by atoms with van der Waals surface area (Å²) >= 11 is 7.97. The summed E-state index contributed by atoms with van der Waals surface area (Å²) < 4.78 is 0. The summed E-state index contributed by atoms with van der Waals surface area (Å²) in [6, 6.07) is 17.2. The van der Waals surface area contributed by atoms with Crippen LogP contribution >= 0.6 is 23.4 Å². The molecule has 0 amide bonds. The van der Waals surface area contributed by atoms with E-state index in [4.69, 9.17) is 11.6 Å². The molecular weight excluding hydrogens is 274 g/mol. The highest BCUT2D eigenvalue weighted by atomic mass is 35.5. The molecule has 19 heavy (non-hydrogen) atoms. The minimum atomic E-state index is 0.455. The Balaban J connectivity index is 1.71. The van der Waals surface area contributed by atoms with E-state index < -0.39 is 0 Å². The van der Waals surface area contributed by atoms with Crippen LogP contribution in [0.2, 0.25) is 5.02 Å². The van der Waals surface area contributed by atoms with Crippen LogP contribution in [0.4, 0.5) is 0 Å². The first-order valence-corrected chi connectivity index (χ1v) is 7.89. The Morgan fingerprint density at radius 2 is 2.05 bits per heavy atom. The molecular formula is C16H16ClNS. The molecule has 1 N–H and O–H groups in total. The molecule has 1 atom stereocenters. The van der Waals surface area contributed by atoms with Gasteiger partial charge in [0.05, 0.1) is 0 Å². The van der Waals surface area contributed by atoms with E-state index in [-0.39, 0.29) is 0 Å². The molecule has 0 aliphatic carbocycles. The summed E-state index contributed by atoms with van der Waals surface area (Å²) in [4.78, 5) is 1.41. The second-order valence-electron chi connectivity index (χ2n) is 4.74. The normalized spacial score (nSPS) is 18.1. The summed E-state index contributed by atoms with van der Waals surface area (Å²) in [5.41, 5.74) is 2.67. The van der Waals surface area contributed by atoms with E-state index in [9.17, 15) is 0 Å². The Bertz CT molecular complexity index is 570. The number of hydrogen-bond acceptors (Lipinski definition) is 2. The van der Waals surface area contributed by atoms with Crippen LogP contribution in [0.1, 0.15) is 23.6 Å². The smallest absolute Gasteiger partial charge is 0.0409 e. The van der Waals surface area contributed by atoms with Gasteiger partial charge in [-0.05, 0) is 41.5 Å². The van der Waals surface area contributed by atoms with Gasteiger partial charge < -0.3 is 5.32 Å². The van der Waals surface area contributed by atoms with Crippen molar-refractivity contribution in [1.29, 1.82) is 0 Å². The lowest BCUT2D eigenvalue weighted by molar-refractivity contribution is 0.510. The molecule has 0 saturated carbocycles. The van der Waals surface area contributed by atoms with Gasteiger partial charge in [0, 0.05) is 22.5 Å². The highest BCUT2D eigenvalue weighted by Gasteiger charge is 2.19. The fourth-order valence-electron chi connectivity index (χ4n) is 2.44. The van der Waals surface area contributed by atoms with Gasteiger partial charge in [-0.15, -0.1) is 11.8 Å². The maximum atomic E-state index is 6.02. The number of fused-ring (bicyclic) bond motifs is 1. The van der Waals surface area contributed by atoms with Gasteiger partial charge in [-0.3, -0.25) is 0 Å². The summed E-state index contributed by atoms with van der Waals surface area (Å²) in [5, 5.41) is 4.45. The van der Waals surface area contributed by atoms with Crippen LogP contribution < -0.4 is 5.32 Å². The van der Waals surface area contributed by atoms with Crippen LogP contribution in [-0.4, -0.2) is 5.75 Å². The van der Waals surface area contributed by atoms with Crippen LogP contribution in [0.3, 0.4) is 0 Å². The molecule has 0 fully saturated rings. The van der Waals surface area contributed by atoms with Crippen LogP contribution in [-0.2, 0) is 6.54 Å². The average molecular weight is 290 g/mol. The third-order valence-corrected chi connectivity index (χ3v) is 4.76. The predicted molar refractivity (Wildman–Crippen MR) is 82.8 cm³/mol. The Labute approximate surface area is 123 Å². The van der Waals surface area contributed by atoms with Crippen LogP contribution in [0, 0.1) is 0 Å². The molecule has 3 rings (SSSR count). The van der Waals surface area contributed by atoms with Gasteiger partial charge in [-0.25, -0.2) is 0 Å². The summed E-state index contributed by atoms with van der Waals surface area (Å²) in [5.74, 6) is 1.18. The van der Waals surface area contributed by atoms with Gasteiger partial charge >= 0.3 is 0 Å². The Morgan fingerprint density at radius 3 is 2.95 bits per heavy atom. The molecule has 3 heteroatoms. The van der Waals surface area contributed by atoms with Crippen LogP contribution in [0.5, 0.6) is 0 Å². The molecule has 0 saturated heterocycles. The molecule has 2 aromatic rings. The van der Waals surface area contributed by atoms with Gasteiger partial charge in [0.2, 0.25) is 0 Å². The zero-order valence-corrected chi connectivity index (χ0v) is 12.2. The maximum Gasteiger partial charge on any atom is 0.0409 e. The monoisotopic (exact) mass is 289 g/mol. The van der Waals surface area contributed by atoms with Crippen molar-refractivity contribution in [2.75, 3.05) is 5.75 Å². The van der Waals surface area contributed by atoms with E-state index in [1.54, 1.807) is 0 Å². The standard InChI is InChI=1S/C16H16ClNS/c17-13-5-3-4-12(10-13)11-18-15-8-9-19-16-7-2-1-6-14(15)16/h1-7,10,15,18H,8-9,11H2. The predicted octanol–water partition coefficient (Wildman–Crippen LogP) is 4.67. The van der Waals surface area contributed by atoms with Gasteiger partial charge in [-0.1, -0.05) is 41.9 Å². The number of halogens is 1. The Kier molecular flexibility index (Phi) is 4.12. The number of nitrogens with one attached hydrogen (secondary N) is 1. The van der Waals surface area contributed by atoms with E-state index in [2.05, 4.69) is 35.6 Å². The highest BCUT2D eigenvalue weighted by Crippen LogP contribution is 2.35. The van der Waals surface area contributed by atoms with Gasteiger partial charge in [0.15, 0.2) is 0 Å². The number of benzene rings is 2. The maximum absolute atomic E-state index is 6.02. The lowest BCUT2D eigenvalue weighted by atomic mass is 10.0. The van der Waals surface area contributed by atoms with Crippen molar-refractivity contribution in [3.8, 4) is 0 Å². The van der Waals surface area contributed by atoms with Crippen molar-refractivity contribution >= 4 is 23.4 Å². The molecule has 0 bridgehead atoms. The van der Waals surface area contributed by atoms with E-state index in [0.29, 0.717) is 6.04 Å². The lowest BCUT2D eigenvalue weighted by Gasteiger charge is -2.26. The minimum absolute atomic E-state index is 0.455. The fraction of sp³-hybridized carbons (Fsp3) is 0.250. The average Bonchev–Trinajstić information content (AvgIpc) is 2.45. The van der Waals surface area contributed by atoms with Crippen molar-refractivity contribution in [2.24, 2.45) is 0 Å². The molecule has 1 heterocycles. The topological polar surface area (TPSA) is 12.0 Å². The molecule has 0 aromatic heterocycles. The molecule has 2 aromatic carbocycles. The molecule has 0 spiro atoms. The van der Waals surface area contributed by atoms with E-state index in [1.165, 1.54) is 28.2 Å². The van der Waals surface area contributed by atoms with Gasteiger partial charge in [0.25, 0.3) is 0 Å². The van der Waals surface area contributed by atoms with E-state index in [1.807, 2.05) is 30.0 Å². The van der Waals surface area contributed by atoms with Crippen LogP contribution in [0.15, 0.2) is 53.4 Å². The molecule has 1 unspecified atom stereocenters. The first-order chi connectivity index (χ1) is 9.33. The van der Waals surface area contributed by atoms with Crippen molar-refractivity contribution in [3.05, 3.63) is 64.7 Å². The number of thioether (sulfide) groups is 1. The molecule has 0 radical (unpaired) electrons. The second kappa shape index (κ2) is 6.00. The third kappa shape index (κ3) is 3.14. The Hall–Kier alpha value is -0.960. The van der Waals surface area contributed by atoms with Crippen molar-refractivity contribution in [3.63, 3.8) is 0 Å². The van der Waals surface area contributed by atoms with E-state index >= 15 is 0 Å². The summed E-state index contributed by atoms with van der Waals surface area (Å²) in [7, 11) is 0. The lowest BCUT2D eigenvalue weighted by Crippen LogP contribution is -2.24. The third-order valence-electron chi connectivity index (χ3n) is 3.40. The highest BCUT2D eigenvalue weighted by molar-refractivity contribution is 7.99. The number of rotatable bonds is 3. The number of hydrogen-bond donors (Lipinski definition) is 1. The van der Waals surface area contributed by atoms with Gasteiger partial charge in [-0.2, -0.15) is 0 Å². The Morgan fingerprint density at radius 1 is 1.16 bits per heavy atom. The van der Waals surface area contributed by atoms with Crippen molar-refractivity contribution in [2.45, 2.75) is 23.9 Å². The minimum Gasteiger partial charge on any atom is -0.306 e. The van der Waals surface area contributed by atoms with Crippen molar-refractivity contribution < 1.29 is 0 Å².